The number of ether oxygens (including phenoxy) is 5. The summed E-state index contributed by atoms with van der Waals surface area (Å²) in [4.78, 5) is 26.9. The van der Waals surface area contributed by atoms with Crippen LogP contribution in [-0.2, 0) is 16.0 Å². The number of anilines is 2. The van der Waals surface area contributed by atoms with Crippen molar-refractivity contribution >= 4 is 55.3 Å². The van der Waals surface area contributed by atoms with E-state index in [1.165, 1.54) is 0 Å². The number of nitrogens with zero attached hydrogens (tertiary/aromatic N) is 6. The van der Waals surface area contributed by atoms with Gasteiger partial charge in [0, 0.05) is 61.0 Å². The second-order valence-electron chi connectivity index (χ2n) is 14.8. The van der Waals surface area contributed by atoms with Gasteiger partial charge >= 0.3 is 6.09 Å². The molecule has 1 amide bonds. The molecule has 13 nitrogen and oxygen atoms in total. The lowest BCUT2D eigenvalue weighted by molar-refractivity contribution is -0.0366. The predicted octanol–water partition coefficient (Wildman–Crippen LogP) is 8.62. The Morgan fingerprint density at radius 3 is 2.65 bits per heavy atom. The van der Waals surface area contributed by atoms with E-state index >= 15 is 0 Å². The smallest absolute Gasteiger partial charge is 0.410 e. The van der Waals surface area contributed by atoms with E-state index in [2.05, 4.69) is 38.3 Å². The van der Waals surface area contributed by atoms with Gasteiger partial charge in [-0.2, -0.15) is 10.1 Å². The van der Waals surface area contributed by atoms with E-state index < -0.39 is 5.60 Å². The summed E-state index contributed by atoms with van der Waals surface area (Å²) >= 11 is 3.79. The third kappa shape index (κ3) is 7.72. The number of benzene rings is 2. The third-order valence-corrected chi connectivity index (χ3v) is 10.6. The topological polar surface area (TPSA) is 125 Å². The monoisotopic (exact) mass is 801 g/mol. The second-order valence-corrected chi connectivity index (χ2v) is 15.7. The van der Waals surface area contributed by atoms with Crippen LogP contribution in [0.5, 0.6) is 23.1 Å². The van der Waals surface area contributed by atoms with E-state index in [-0.39, 0.29) is 18.4 Å². The summed E-state index contributed by atoms with van der Waals surface area (Å²) in [6.45, 7) is 10.1. The van der Waals surface area contributed by atoms with Crippen LogP contribution in [0.1, 0.15) is 63.8 Å². The van der Waals surface area contributed by atoms with Gasteiger partial charge in [0.25, 0.3) is 0 Å². The van der Waals surface area contributed by atoms with Gasteiger partial charge in [-0.3, -0.25) is 0 Å². The lowest BCUT2D eigenvalue weighted by Gasteiger charge is -2.28. The van der Waals surface area contributed by atoms with Gasteiger partial charge in [0.1, 0.15) is 34.5 Å². The number of carbonyl (C=O) groups excluding carboxylic acids is 1. The Morgan fingerprint density at radius 2 is 1.91 bits per heavy atom. The van der Waals surface area contributed by atoms with Crippen LogP contribution < -0.4 is 24.4 Å². The minimum atomic E-state index is -0.582. The van der Waals surface area contributed by atoms with Crippen molar-refractivity contribution in [3.8, 4) is 23.1 Å². The van der Waals surface area contributed by atoms with Gasteiger partial charge < -0.3 is 38.8 Å². The van der Waals surface area contributed by atoms with Crippen LogP contribution in [0.25, 0.3) is 21.7 Å². The largest absolute Gasteiger partial charge is 0.497 e. The highest BCUT2D eigenvalue weighted by Crippen LogP contribution is 2.42. The molecule has 3 aromatic heterocycles. The Labute approximate surface area is 324 Å². The molecule has 2 aromatic carbocycles. The Hall–Kier alpha value is -4.82. The summed E-state index contributed by atoms with van der Waals surface area (Å²) in [6.07, 6.45) is 6.99. The molecule has 2 fully saturated rings. The van der Waals surface area contributed by atoms with Crippen LogP contribution in [-0.4, -0.2) is 83.3 Å². The molecule has 7 rings (SSSR count). The first-order valence-electron chi connectivity index (χ1n) is 18.3. The molecule has 1 unspecified atom stereocenters. The predicted molar refractivity (Wildman–Crippen MR) is 212 cm³/mol. The van der Waals surface area contributed by atoms with Crippen LogP contribution >= 0.6 is 15.9 Å². The fourth-order valence-corrected chi connectivity index (χ4v) is 7.48. The van der Waals surface area contributed by atoms with Crippen molar-refractivity contribution in [1.29, 1.82) is 0 Å². The second kappa shape index (κ2) is 15.5. The number of rotatable bonds is 10. The first-order valence-corrected chi connectivity index (χ1v) is 19.1. The van der Waals surface area contributed by atoms with E-state index in [4.69, 9.17) is 38.8 Å². The first-order chi connectivity index (χ1) is 25.9. The van der Waals surface area contributed by atoms with Crippen LogP contribution in [0.3, 0.4) is 0 Å². The first kappa shape index (κ1) is 37.5. The van der Waals surface area contributed by atoms with Crippen LogP contribution in [0.2, 0.25) is 0 Å². The molecule has 5 heterocycles. The van der Waals surface area contributed by atoms with E-state index in [0.29, 0.717) is 54.0 Å². The molecule has 14 heteroatoms. The lowest BCUT2D eigenvalue weighted by Crippen LogP contribution is -2.42. The molecule has 54 heavy (non-hydrogen) atoms. The molecular weight excluding hydrogens is 754 g/mol. The standard InChI is InChI=1S/C40H48BrN7O6/c1-24-11-14-31-29(21-44-48(31)34-10-8-9-17-52-34)36(24)53-38-35-28(19-33(45-38)47-16-15-26(23-47)46(5)39(49)54-40(2,3)4)30(41)22-43-37(35)42-20-25-12-13-27(50-6)18-32(25)51-7/h11-14,18-19,21-22,26,34H,8-10,15-17,20,23H2,1-7H3,(H,42,43)/t26-,34?/m1/s1. The minimum absolute atomic E-state index is 0.0526. The van der Waals surface area contributed by atoms with Gasteiger partial charge in [-0.25, -0.2) is 14.5 Å². The number of carbonyl (C=O) groups is 1. The summed E-state index contributed by atoms with van der Waals surface area (Å²) in [7, 11) is 5.07. The molecule has 0 spiro atoms. The fourth-order valence-electron chi connectivity index (χ4n) is 7.06. The molecule has 286 valence electrons. The van der Waals surface area contributed by atoms with Crippen molar-refractivity contribution in [2.45, 2.75) is 77.8 Å². The van der Waals surface area contributed by atoms with Crippen molar-refractivity contribution in [2.75, 3.05) is 51.2 Å². The van der Waals surface area contributed by atoms with Crippen molar-refractivity contribution < 1.29 is 28.5 Å². The van der Waals surface area contributed by atoms with Gasteiger partial charge in [-0.15, -0.1) is 0 Å². The lowest BCUT2D eigenvalue weighted by atomic mass is 10.1. The normalized spacial score (nSPS) is 17.5. The molecule has 0 saturated carbocycles. The van der Waals surface area contributed by atoms with Crippen LogP contribution in [0.4, 0.5) is 16.4 Å². The molecular formula is C40H48BrN7O6. The summed E-state index contributed by atoms with van der Waals surface area (Å²) < 4.78 is 32.6. The molecule has 0 radical (unpaired) electrons. The molecule has 1 N–H and O–H groups in total. The maximum absolute atomic E-state index is 13.0. The Morgan fingerprint density at radius 1 is 1.07 bits per heavy atom. The fraction of sp³-hybridized carbons (Fsp3) is 0.450. The Bertz CT molecular complexity index is 2160. The number of amides is 1. The molecule has 5 aromatic rings. The number of fused-ring (bicyclic) bond motifs is 2. The number of likely N-dealkylation sites (N-methyl/N-ethyl adjacent to an activating group) is 1. The number of halogens is 1. The summed E-state index contributed by atoms with van der Waals surface area (Å²) in [6, 6.07) is 11.8. The third-order valence-electron chi connectivity index (χ3n) is 9.99. The number of hydrogen-bond acceptors (Lipinski definition) is 11. The quantitative estimate of drug-likeness (QED) is 0.146. The SMILES string of the molecule is COc1ccc(CNc2ncc(Br)c3cc(N4CC[C@@H](N(C)C(=O)OC(C)(C)C)C4)nc(Oc4c(C)ccc5c4cnn5C4CCCCO4)c23)c(OC)c1. The van der Waals surface area contributed by atoms with Gasteiger partial charge in [0.05, 0.1) is 42.7 Å². The number of hydrogen-bond donors (Lipinski definition) is 1. The average molecular weight is 803 g/mol. The van der Waals surface area contributed by atoms with Gasteiger partial charge in [0.2, 0.25) is 5.88 Å². The van der Waals surface area contributed by atoms with E-state index in [1.807, 2.05) is 62.8 Å². The molecule has 2 aliphatic heterocycles. The highest BCUT2D eigenvalue weighted by Gasteiger charge is 2.33. The Kier molecular flexibility index (Phi) is 10.8. The number of aromatic nitrogens is 4. The van der Waals surface area contributed by atoms with Crippen LogP contribution in [0, 0.1) is 6.92 Å². The molecule has 0 bridgehead atoms. The zero-order valence-electron chi connectivity index (χ0n) is 31.9. The Balaban J connectivity index is 1.29. The van der Waals surface area contributed by atoms with Crippen molar-refractivity contribution in [3.05, 3.63) is 64.4 Å². The maximum atomic E-state index is 13.0. The zero-order valence-corrected chi connectivity index (χ0v) is 33.5. The van der Waals surface area contributed by atoms with Crippen molar-refractivity contribution in [1.82, 2.24) is 24.6 Å². The van der Waals surface area contributed by atoms with E-state index in [0.717, 1.165) is 70.0 Å². The van der Waals surface area contributed by atoms with E-state index in [1.54, 1.807) is 32.4 Å². The maximum Gasteiger partial charge on any atom is 0.410 e. The molecule has 0 aliphatic carbocycles. The number of aryl methyl sites for hydroxylation is 1. The number of nitrogens with one attached hydrogen (secondary N) is 1. The molecule has 2 atom stereocenters. The number of pyridine rings is 2. The molecule has 2 aliphatic rings. The van der Waals surface area contributed by atoms with Gasteiger partial charge in [-0.1, -0.05) is 6.07 Å². The molecule has 2 saturated heterocycles. The average Bonchev–Trinajstić information content (AvgIpc) is 3.83. The number of methoxy groups -OCH3 is 2. The van der Waals surface area contributed by atoms with Crippen LogP contribution in [0.15, 0.2) is 53.3 Å². The summed E-state index contributed by atoms with van der Waals surface area (Å²) in [5.41, 5.74) is 2.21. The van der Waals surface area contributed by atoms with Crippen molar-refractivity contribution in [3.63, 3.8) is 0 Å². The van der Waals surface area contributed by atoms with Crippen molar-refractivity contribution in [2.24, 2.45) is 0 Å². The van der Waals surface area contributed by atoms with Gasteiger partial charge in [0.15, 0.2) is 6.23 Å². The summed E-state index contributed by atoms with van der Waals surface area (Å²) in [5, 5.41) is 10.8. The summed E-state index contributed by atoms with van der Waals surface area (Å²) in [5.74, 6) is 3.78. The van der Waals surface area contributed by atoms with Gasteiger partial charge in [-0.05, 0) is 99.1 Å². The zero-order chi connectivity index (χ0) is 38.1. The highest BCUT2D eigenvalue weighted by molar-refractivity contribution is 9.10. The highest BCUT2D eigenvalue weighted by atomic mass is 79.9. The minimum Gasteiger partial charge on any atom is -0.497 e. The van der Waals surface area contributed by atoms with E-state index in [9.17, 15) is 4.79 Å².